The van der Waals surface area contributed by atoms with Crippen LogP contribution in [0.15, 0.2) is 105 Å². The van der Waals surface area contributed by atoms with Gasteiger partial charge in [0.05, 0.1) is 9.79 Å². The third-order valence-electron chi connectivity index (χ3n) is 5.49. The van der Waals surface area contributed by atoms with Gasteiger partial charge in [-0.05, 0) is 47.5 Å². The second kappa shape index (κ2) is 8.02. The van der Waals surface area contributed by atoms with Gasteiger partial charge in [-0.3, -0.25) is 0 Å². The fourth-order valence-corrected chi connectivity index (χ4v) is 9.32. The van der Waals surface area contributed by atoms with Crippen LogP contribution in [0.5, 0.6) is 0 Å². The normalized spacial score (nSPS) is 18.5. The summed E-state index contributed by atoms with van der Waals surface area (Å²) in [6.45, 7) is 0. The highest BCUT2D eigenvalue weighted by molar-refractivity contribution is 9.10. The van der Waals surface area contributed by atoms with E-state index in [4.69, 9.17) is 0 Å². The maximum Gasteiger partial charge on any atom is 0.215 e. The average molecular weight is 519 g/mol. The van der Waals surface area contributed by atoms with E-state index in [0.29, 0.717) is 5.56 Å². The molecule has 0 fully saturated rings. The molecule has 0 saturated heterocycles. The van der Waals surface area contributed by atoms with Crippen LogP contribution in [0.2, 0.25) is 0 Å². The van der Waals surface area contributed by atoms with E-state index >= 15 is 0 Å². The Morgan fingerprint density at radius 2 is 1.29 bits per heavy atom. The van der Waals surface area contributed by atoms with Crippen molar-refractivity contribution in [3.63, 3.8) is 0 Å². The number of halogens is 1. The van der Waals surface area contributed by atoms with Crippen LogP contribution >= 0.6 is 15.9 Å². The highest BCUT2D eigenvalue weighted by Gasteiger charge is 2.63. The molecule has 1 unspecified atom stereocenters. The van der Waals surface area contributed by atoms with Gasteiger partial charge in [-0.25, -0.2) is 16.8 Å². The molecule has 0 saturated carbocycles. The molecule has 1 aliphatic carbocycles. The molecule has 0 spiro atoms. The molecule has 31 heavy (non-hydrogen) atoms. The Balaban J connectivity index is 1.97. The van der Waals surface area contributed by atoms with E-state index in [1.54, 1.807) is 36.4 Å². The van der Waals surface area contributed by atoms with Crippen LogP contribution in [-0.2, 0) is 19.7 Å². The molecule has 3 aromatic rings. The first-order valence-electron chi connectivity index (χ1n) is 9.45. The van der Waals surface area contributed by atoms with E-state index in [-0.39, 0.29) is 21.8 Å². The van der Waals surface area contributed by atoms with Crippen molar-refractivity contribution in [1.29, 1.82) is 0 Å². The summed E-state index contributed by atoms with van der Waals surface area (Å²) < 4.78 is 53.6. The number of hydrogen-bond donors (Lipinski definition) is 1. The SMILES string of the molecule is O=S(=O)(c1ccccc1)C1(S(=O)(=O)c2ccccc2)CC=C(c2cccc(Br)c2)C1O. The van der Waals surface area contributed by atoms with Crippen molar-refractivity contribution in [3.05, 3.63) is 101 Å². The van der Waals surface area contributed by atoms with Crippen molar-refractivity contribution >= 4 is 41.2 Å². The molecule has 5 nitrogen and oxygen atoms in total. The van der Waals surface area contributed by atoms with Crippen LogP contribution in [0.25, 0.3) is 5.57 Å². The lowest BCUT2D eigenvalue weighted by molar-refractivity contribution is 0.217. The number of rotatable bonds is 5. The first kappa shape index (κ1) is 22.0. The number of sulfone groups is 2. The first-order valence-corrected chi connectivity index (χ1v) is 13.2. The van der Waals surface area contributed by atoms with E-state index < -0.39 is 29.9 Å². The Hall–Kier alpha value is -2.26. The lowest BCUT2D eigenvalue weighted by atomic mass is 10.0. The van der Waals surface area contributed by atoms with Crippen molar-refractivity contribution in [2.24, 2.45) is 0 Å². The molecular weight excluding hydrogens is 500 g/mol. The van der Waals surface area contributed by atoms with Gasteiger partial charge in [0.25, 0.3) is 0 Å². The Bertz CT molecular complexity index is 1280. The summed E-state index contributed by atoms with van der Waals surface area (Å²) in [5, 5.41) is 11.4. The molecule has 160 valence electrons. The number of allylic oxidation sites excluding steroid dienone is 1. The molecule has 0 bridgehead atoms. The van der Waals surface area contributed by atoms with Crippen LogP contribution in [0.1, 0.15) is 12.0 Å². The second-order valence-corrected chi connectivity index (χ2v) is 12.8. The molecule has 0 heterocycles. The zero-order valence-electron chi connectivity index (χ0n) is 16.2. The predicted molar refractivity (Wildman–Crippen MR) is 123 cm³/mol. The highest BCUT2D eigenvalue weighted by Crippen LogP contribution is 2.49. The third-order valence-corrected chi connectivity index (χ3v) is 11.7. The number of hydrogen-bond acceptors (Lipinski definition) is 5. The smallest absolute Gasteiger partial charge is 0.215 e. The molecule has 1 N–H and O–H groups in total. The molecule has 1 atom stereocenters. The Labute approximate surface area is 190 Å². The van der Waals surface area contributed by atoms with Crippen LogP contribution in [-0.4, -0.2) is 32.1 Å². The van der Waals surface area contributed by atoms with Crippen molar-refractivity contribution in [1.82, 2.24) is 0 Å². The van der Waals surface area contributed by atoms with Gasteiger partial charge in [0.2, 0.25) is 23.8 Å². The Kier molecular flexibility index (Phi) is 5.68. The fraction of sp³-hybridized carbons (Fsp3) is 0.130. The monoisotopic (exact) mass is 518 g/mol. The standard InChI is InChI=1S/C23H19BrO5S2/c24-18-9-7-8-17(16-18)21-14-15-23(22(21)25,30(26,27)19-10-3-1-4-11-19)31(28,29)20-12-5-2-6-13-20/h1-14,16,22,25H,15H2. The van der Waals surface area contributed by atoms with Gasteiger partial charge in [0.15, 0.2) is 0 Å². The molecule has 0 radical (unpaired) electrons. The molecule has 8 heteroatoms. The summed E-state index contributed by atoms with van der Waals surface area (Å²) in [7, 11) is -9.02. The molecule has 0 aromatic heterocycles. The lowest BCUT2D eigenvalue weighted by Crippen LogP contribution is -2.53. The Morgan fingerprint density at radius 3 is 1.77 bits per heavy atom. The van der Waals surface area contributed by atoms with E-state index in [1.165, 1.54) is 54.6 Å². The summed E-state index contributed by atoms with van der Waals surface area (Å²) >= 11 is 3.36. The zero-order chi connectivity index (χ0) is 22.3. The van der Waals surface area contributed by atoms with E-state index in [2.05, 4.69) is 15.9 Å². The van der Waals surface area contributed by atoms with Gasteiger partial charge in [0.1, 0.15) is 6.10 Å². The largest absolute Gasteiger partial charge is 0.386 e. The highest BCUT2D eigenvalue weighted by atomic mass is 79.9. The van der Waals surface area contributed by atoms with Gasteiger partial charge in [-0.2, -0.15) is 0 Å². The van der Waals surface area contributed by atoms with Crippen molar-refractivity contribution in [3.8, 4) is 0 Å². The third kappa shape index (κ3) is 3.38. The maximum absolute atomic E-state index is 13.8. The van der Waals surface area contributed by atoms with E-state index in [0.717, 1.165) is 4.47 Å². The molecule has 0 aliphatic heterocycles. The predicted octanol–water partition coefficient (Wildman–Crippen LogP) is 4.24. The molecular formula is C23H19BrO5S2. The summed E-state index contributed by atoms with van der Waals surface area (Å²) in [6, 6.07) is 21.8. The molecule has 1 aliphatic rings. The minimum Gasteiger partial charge on any atom is -0.386 e. The molecule has 4 rings (SSSR count). The quantitative estimate of drug-likeness (QED) is 0.545. The number of aliphatic hydroxyl groups excluding tert-OH is 1. The first-order chi connectivity index (χ1) is 14.7. The minimum atomic E-state index is -4.51. The van der Waals surface area contributed by atoms with Gasteiger partial charge >= 0.3 is 0 Å². The lowest BCUT2D eigenvalue weighted by Gasteiger charge is -2.33. The maximum atomic E-state index is 13.8. The van der Waals surface area contributed by atoms with Crippen LogP contribution in [0.3, 0.4) is 0 Å². The van der Waals surface area contributed by atoms with Crippen LogP contribution in [0, 0.1) is 0 Å². The fourth-order valence-electron chi connectivity index (χ4n) is 3.91. The van der Waals surface area contributed by atoms with Crippen LogP contribution < -0.4 is 0 Å². The summed E-state index contributed by atoms with van der Waals surface area (Å²) in [4.78, 5) is -0.310. The van der Waals surface area contributed by atoms with Gasteiger partial charge in [-0.15, -0.1) is 0 Å². The minimum absolute atomic E-state index is 0.155. The molecule has 3 aromatic carbocycles. The van der Waals surface area contributed by atoms with Crippen molar-refractivity contribution < 1.29 is 21.9 Å². The Morgan fingerprint density at radius 1 is 0.774 bits per heavy atom. The average Bonchev–Trinajstić information content (AvgIpc) is 3.14. The summed E-state index contributed by atoms with van der Waals surface area (Å²) in [5.74, 6) is 0. The number of benzene rings is 3. The van der Waals surface area contributed by atoms with Gasteiger partial charge in [0, 0.05) is 10.9 Å². The van der Waals surface area contributed by atoms with Gasteiger partial charge in [-0.1, -0.05) is 70.5 Å². The summed E-state index contributed by atoms with van der Waals surface area (Å²) in [6.07, 6.45) is -0.644. The van der Waals surface area contributed by atoms with Crippen molar-refractivity contribution in [2.75, 3.05) is 0 Å². The topological polar surface area (TPSA) is 88.5 Å². The second-order valence-electron chi connectivity index (χ2n) is 7.22. The van der Waals surface area contributed by atoms with Gasteiger partial charge < -0.3 is 5.11 Å². The van der Waals surface area contributed by atoms with E-state index in [1.807, 2.05) is 0 Å². The number of aliphatic hydroxyl groups is 1. The van der Waals surface area contributed by atoms with Crippen molar-refractivity contribution in [2.45, 2.75) is 26.4 Å². The molecule has 0 amide bonds. The van der Waals surface area contributed by atoms with E-state index in [9.17, 15) is 21.9 Å². The summed E-state index contributed by atoms with van der Waals surface area (Å²) in [5.41, 5.74) is 0.815. The van der Waals surface area contributed by atoms with Crippen LogP contribution in [0.4, 0.5) is 0 Å². The zero-order valence-corrected chi connectivity index (χ0v) is 19.4.